The predicted molar refractivity (Wildman–Crippen MR) is 106 cm³/mol. The van der Waals surface area contributed by atoms with Gasteiger partial charge in [0.25, 0.3) is 0 Å². The first-order valence-corrected chi connectivity index (χ1v) is 9.28. The van der Waals surface area contributed by atoms with Crippen LogP contribution in [-0.4, -0.2) is 15.4 Å². The van der Waals surface area contributed by atoms with Gasteiger partial charge in [-0.3, -0.25) is 4.40 Å². The minimum atomic E-state index is 0.554. The summed E-state index contributed by atoms with van der Waals surface area (Å²) in [5, 5.41) is 3.78. The van der Waals surface area contributed by atoms with Crippen LogP contribution in [0.15, 0.2) is 48.7 Å². The van der Waals surface area contributed by atoms with Gasteiger partial charge >= 0.3 is 0 Å². The first kappa shape index (κ1) is 15.9. The fourth-order valence-electron chi connectivity index (χ4n) is 3.60. The summed E-state index contributed by atoms with van der Waals surface area (Å²) in [6.07, 6.45) is 12.9. The lowest BCUT2D eigenvalue weighted by molar-refractivity contribution is 0.461. The number of nitrogens with zero attached hydrogens (tertiary/aromatic N) is 2. The molecule has 0 aliphatic heterocycles. The molecule has 3 heteroatoms. The first-order valence-electron chi connectivity index (χ1n) is 9.28. The van der Waals surface area contributed by atoms with Gasteiger partial charge in [0.2, 0.25) is 0 Å². The van der Waals surface area contributed by atoms with Crippen LogP contribution in [0.4, 0.5) is 5.82 Å². The van der Waals surface area contributed by atoms with Gasteiger partial charge in [-0.25, -0.2) is 4.98 Å². The highest BCUT2D eigenvalue weighted by molar-refractivity contribution is 5.76. The van der Waals surface area contributed by atoms with Crippen LogP contribution >= 0.6 is 0 Å². The van der Waals surface area contributed by atoms with Crippen LogP contribution < -0.4 is 5.32 Å². The molecule has 1 aliphatic rings. The molecule has 1 aromatic carbocycles. The molecule has 1 N–H and O–H groups in total. The largest absolute Gasteiger partial charge is 0.367 e. The molecule has 2 heterocycles. The second-order valence-electron chi connectivity index (χ2n) is 7.00. The fraction of sp³-hybridized carbons (Fsp3) is 0.318. The first-order chi connectivity index (χ1) is 12.3. The van der Waals surface area contributed by atoms with Crippen LogP contribution in [0.1, 0.15) is 48.9 Å². The molecular weight excluding hydrogens is 306 g/mol. The van der Waals surface area contributed by atoms with Crippen LogP contribution in [0.25, 0.3) is 17.8 Å². The van der Waals surface area contributed by atoms with Crippen molar-refractivity contribution in [3.8, 4) is 0 Å². The maximum Gasteiger partial charge on any atom is 0.139 e. The lowest BCUT2D eigenvalue weighted by Crippen LogP contribution is -2.23. The SMILES string of the molecule is Cc1ccn2c(NC3CCCCC3)c(/C=C/c3ccccc3)nc2c1. The molecule has 1 saturated carbocycles. The van der Waals surface area contributed by atoms with Gasteiger partial charge in [0, 0.05) is 12.2 Å². The summed E-state index contributed by atoms with van der Waals surface area (Å²) in [6, 6.07) is 15.2. The number of fused-ring (bicyclic) bond motifs is 1. The lowest BCUT2D eigenvalue weighted by atomic mass is 9.95. The van der Waals surface area contributed by atoms with Gasteiger partial charge in [0.15, 0.2) is 0 Å². The van der Waals surface area contributed by atoms with Gasteiger partial charge in [-0.1, -0.05) is 55.7 Å². The number of anilines is 1. The fourth-order valence-corrected chi connectivity index (χ4v) is 3.60. The molecule has 2 aromatic heterocycles. The zero-order chi connectivity index (χ0) is 17.1. The molecule has 128 valence electrons. The maximum atomic E-state index is 4.87. The molecule has 1 aliphatic carbocycles. The Bertz CT molecular complexity index is 871. The van der Waals surface area contributed by atoms with E-state index in [4.69, 9.17) is 4.98 Å². The van der Waals surface area contributed by atoms with Crippen molar-refractivity contribution < 1.29 is 0 Å². The number of rotatable bonds is 4. The lowest BCUT2D eigenvalue weighted by Gasteiger charge is -2.23. The van der Waals surface area contributed by atoms with E-state index in [0.717, 1.165) is 17.2 Å². The minimum Gasteiger partial charge on any atom is -0.367 e. The van der Waals surface area contributed by atoms with Crippen LogP contribution in [0, 0.1) is 6.92 Å². The standard InChI is InChI=1S/C22H25N3/c1-17-14-15-25-21(16-17)24-20(13-12-18-8-4-2-5-9-18)22(25)23-19-10-6-3-7-11-19/h2,4-5,8-9,12-16,19,23H,3,6-7,10-11H2,1H3/b13-12+. The van der Waals surface area contributed by atoms with Crippen LogP contribution in [0.3, 0.4) is 0 Å². The number of aryl methyl sites for hydroxylation is 1. The van der Waals surface area contributed by atoms with Crippen molar-refractivity contribution in [3.63, 3.8) is 0 Å². The maximum absolute atomic E-state index is 4.87. The highest BCUT2D eigenvalue weighted by Crippen LogP contribution is 2.26. The quantitative estimate of drug-likeness (QED) is 0.678. The van der Waals surface area contributed by atoms with E-state index in [-0.39, 0.29) is 0 Å². The number of hydrogen-bond donors (Lipinski definition) is 1. The molecule has 3 aromatic rings. The molecule has 1 fully saturated rings. The molecule has 4 rings (SSSR count). The van der Waals surface area contributed by atoms with Crippen molar-refractivity contribution in [3.05, 3.63) is 65.5 Å². The Kier molecular flexibility index (Phi) is 4.55. The van der Waals surface area contributed by atoms with Crippen LogP contribution in [-0.2, 0) is 0 Å². The zero-order valence-corrected chi connectivity index (χ0v) is 14.8. The Morgan fingerprint density at radius 2 is 1.84 bits per heavy atom. The summed E-state index contributed by atoms with van der Waals surface area (Å²) in [6.45, 7) is 2.11. The predicted octanol–water partition coefficient (Wildman–Crippen LogP) is 5.56. The van der Waals surface area contributed by atoms with E-state index < -0.39 is 0 Å². The van der Waals surface area contributed by atoms with Crippen molar-refractivity contribution >= 4 is 23.6 Å². The van der Waals surface area contributed by atoms with Gasteiger partial charge < -0.3 is 5.32 Å². The summed E-state index contributed by atoms with van der Waals surface area (Å²) in [5.41, 5.74) is 4.45. The summed E-state index contributed by atoms with van der Waals surface area (Å²) in [5.74, 6) is 1.12. The van der Waals surface area contributed by atoms with Gasteiger partial charge in [-0.2, -0.15) is 0 Å². The van der Waals surface area contributed by atoms with Gasteiger partial charge in [-0.15, -0.1) is 0 Å². The van der Waals surface area contributed by atoms with E-state index in [1.54, 1.807) is 0 Å². The number of hydrogen-bond acceptors (Lipinski definition) is 2. The van der Waals surface area contributed by atoms with E-state index in [1.807, 2.05) is 6.07 Å². The molecule has 0 saturated heterocycles. The third-order valence-corrected chi connectivity index (χ3v) is 4.99. The van der Waals surface area contributed by atoms with Crippen LogP contribution in [0.5, 0.6) is 0 Å². The van der Waals surface area contributed by atoms with Gasteiger partial charge in [0.05, 0.1) is 0 Å². The number of benzene rings is 1. The molecule has 0 radical (unpaired) electrons. The number of nitrogens with one attached hydrogen (secondary N) is 1. The van der Waals surface area contributed by atoms with Gasteiger partial charge in [0.1, 0.15) is 17.2 Å². The topological polar surface area (TPSA) is 29.3 Å². The van der Waals surface area contributed by atoms with E-state index in [9.17, 15) is 0 Å². The summed E-state index contributed by atoms with van der Waals surface area (Å²) >= 11 is 0. The van der Waals surface area contributed by atoms with Crippen molar-refractivity contribution in [2.24, 2.45) is 0 Å². The highest BCUT2D eigenvalue weighted by atomic mass is 15.1. The average molecular weight is 331 g/mol. The molecular formula is C22H25N3. The molecule has 0 amide bonds. The Morgan fingerprint density at radius 3 is 2.64 bits per heavy atom. The molecule has 0 atom stereocenters. The molecule has 0 unspecified atom stereocenters. The Morgan fingerprint density at radius 1 is 1.04 bits per heavy atom. The second kappa shape index (κ2) is 7.14. The minimum absolute atomic E-state index is 0.554. The summed E-state index contributed by atoms with van der Waals surface area (Å²) in [4.78, 5) is 4.87. The van der Waals surface area contributed by atoms with E-state index in [1.165, 1.54) is 43.2 Å². The Hall–Kier alpha value is -2.55. The van der Waals surface area contributed by atoms with E-state index in [0.29, 0.717) is 6.04 Å². The number of pyridine rings is 1. The summed E-state index contributed by atoms with van der Waals surface area (Å²) in [7, 11) is 0. The zero-order valence-electron chi connectivity index (χ0n) is 14.8. The Balaban J connectivity index is 1.70. The Labute approximate surface area is 149 Å². The van der Waals surface area contributed by atoms with Crippen molar-refractivity contribution in [1.82, 2.24) is 9.38 Å². The van der Waals surface area contributed by atoms with Crippen molar-refractivity contribution in [2.45, 2.75) is 45.1 Å². The van der Waals surface area contributed by atoms with Crippen molar-refractivity contribution in [2.75, 3.05) is 5.32 Å². The van der Waals surface area contributed by atoms with Crippen molar-refractivity contribution in [1.29, 1.82) is 0 Å². The summed E-state index contributed by atoms with van der Waals surface area (Å²) < 4.78 is 2.19. The molecule has 0 spiro atoms. The highest BCUT2D eigenvalue weighted by Gasteiger charge is 2.17. The molecule has 25 heavy (non-hydrogen) atoms. The van der Waals surface area contributed by atoms with E-state index in [2.05, 4.69) is 71.4 Å². The normalized spacial score (nSPS) is 15.9. The van der Waals surface area contributed by atoms with E-state index >= 15 is 0 Å². The third-order valence-electron chi connectivity index (χ3n) is 4.99. The monoisotopic (exact) mass is 331 g/mol. The molecule has 3 nitrogen and oxygen atoms in total. The second-order valence-corrected chi connectivity index (χ2v) is 7.00. The third kappa shape index (κ3) is 3.60. The number of aromatic nitrogens is 2. The molecule has 0 bridgehead atoms. The number of imidazole rings is 1. The smallest absolute Gasteiger partial charge is 0.139 e. The van der Waals surface area contributed by atoms with Crippen LogP contribution in [0.2, 0.25) is 0 Å². The average Bonchev–Trinajstić information content (AvgIpc) is 2.98. The van der Waals surface area contributed by atoms with Gasteiger partial charge in [-0.05, 0) is 49.1 Å².